The van der Waals surface area contributed by atoms with E-state index in [1.807, 2.05) is 36.4 Å². The zero-order chi connectivity index (χ0) is 40.0. The second kappa shape index (κ2) is 13.0. The van der Waals surface area contributed by atoms with Gasteiger partial charge < -0.3 is 13.9 Å². The number of fused-ring (bicyclic) bond motifs is 9. The van der Waals surface area contributed by atoms with E-state index >= 15 is 0 Å². The van der Waals surface area contributed by atoms with E-state index in [4.69, 9.17) is 7.48 Å². The van der Waals surface area contributed by atoms with Crippen molar-refractivity contribution in [3.63, 3.8) is 0 Å². The maximum absolute atomic E-state index is 8.91. The molecule has 0 aliphatic carbocycles. The van der Waals surface area contributed by atoms with Crippen molar-refractivity contribution in [1.29, 1.82) is 0 Å². The van der Waals surface area contributed by atoms with Crippen molar-refractivity contribution in [3.05, 3.63) is 212 Å². The van der Waals surface area contributed by atoms with Crippen LogP contribution in [-0.4, -0.2) is 9.13 Å². The molecule has 0 amide bonds. The Kier molecular flexibility index (Phi) is 6.84. The zero-order valence-electron chi connectivity index (χ0n) is 33.4. The van der Waals surface area contributed by atoms with Gasteiger partial charge in [0.1, 0.15) is 12.3 Å². The van der Waals surface area contributed by atoms with Crippen LogP contribution >= 0.6 is 0 Å². The number of hydrogen-bond donors (Lipinski definition) is 0. The Bertz CT molecular complexity index is 3490. The molecule has 272 valence electrons. The van der Waals surface area contributed by atoms with Crippen LogP contribution in [0.25, 0.3) is 99.5 Å². The first-order chi connectivity index (χ1) is 29.5. The van der Waals surface area contributed by atoms with Gasteiger partial charge in [-0.25, -0.2) is 0 Å². The average molecular weight is 743 g/mol. The Hall–Kier alpha value is -7.62. The minimum Gasteiger partial charge on any atom is -0.488 e. The van der Waals surface area contributed by atoms with E-state index < -0.39 is 6.56 Å². The summed E-state index contributed by atoms with van der Waals surface area (Å²) in [4.78, 5) is 0. The van der Waals surface area contributed by atoms with Crippen LogP contribution in [0.1, 0.15) is 8.30 Å². The van der Waals surface area contributed by atoms with Crippen LogP contribution in [0.15, 0.2) is 206 Å². The standard InChI is InChI=1S/C55H36N2O/c1-3-13-36(14-4-1)38-17-11-19-43(31-38)56-50-29-26-39(37-15-5-2-6-16-37)32-48(50)45-28-25-41(34-53(45)56)40-27-30-51-47(33-40)44-20-7-9-22-49(44)57(51)52-23-12-18-42-35-58-54-24-10-8-21-46(54)55(42)52/h1-34H,35H2/i35D2. The number of benzene rings is 9. The molecule has 3 heteroatoms. The Labute approximate surface area is 339 Å². The SMILES string of the molecule is [2H]C1([2H])Oc2ccccc2-c2c(-n3c4ccccc4c4cc(-c5ccc6c7cc(-c8ccccc8)ccc7n(-c7cccc(-c8ccccc8)c7)c6c5)ccc43)cccc21. The van der Waals surface area contributed by atoms with Crippen molar-refractivity contribution in [2.45, 2.75) is 6.56 Å². The highest BCUT2D eigenvalue weighted by atomic mass is 16.5. The van der Waals surface area contributed by atoms with Crippen molar-refractivity contribution < 1.29 is 7.48 Å². The van der Waals surface area contributed by atoms with Crippen molar-refractivity contribution in [1.82, 2.24) is 9.13 Å². The molecule has 9 aromatic carbocycles. The predicted molar refractivity (Wildman–Crippen MR) is 241 cm³/mol. The molecule has 3 heterocycles. The first-order valence-corrected chi connectivity index (χ1v) is 19.8. The topological polar surface area (TPSA) is 19.1 Å². The van der Waals surface area contributed by atoms with E-state index in [2.05, 4.69) is 179 Å². The molecule has 58 heavy (non-hydrogen) atoms. The molecule has 12 rings (SSSR count). The Morgan fingerprint density at radius 1 is 0.379 bits per heavy atom. The highest BCUT2D eigenvalue weighted by molar-refractivity contribution is 6.13. The van der Waals surface area contributed by atoms with Crippen LogP contribution in [0.5, 0.6) is 5.75 Å². The molecule has 1 aliphatic heterocycles. The smallest absolute Gasteiger partial charge is 0.127 e. The second-order valence-electron chi connectivity index (χ2n) is 15.1. The lowest BCUT2D eigenvalue weighted by Gasteiger charge is -2.24. The first-order valence-electron chi connectivity index (χ1n) is 20.8. The molecular weight excluding hydrogens is 705 g/mol. The summed E-state index contributed by atoms with van der Waals surface area (Å²) >= 11 is 0. The molecule has 0 spiro atoms. The number of nitrogens with zero attached hydrogens (tertiary/aromatic N) is 2. The summed E-state index contributed by atoms with van der Waals surface area (Å²) in [5.41, 5.74) is 15.7. The molecule has 0 saturated heterocycles. The van der Waals surface area contributed by atoms with E-state index in [-0.39, 0.29) is 0 Å². The fourth-order valence-corrected chi connectivity index (χ4v) is 9.12. The largest absolute Gasteiger partial charge is 0.488 e. The zero-order valence-corrected chi connectivity index (χ0v) is 31.4. The molecule has 0 saturated carbocycles. The van der Waals surface area contributed by atoms with E-state index in [1.54, 1.807) is 0 Å². The summed E-state index contributed by atoms with van der Waals surface area (Å²) in [5, 5.41) is 4.68. The minimum absolute atomic E-state index is 0.523. The van der Waals surface area contributed by atoms with Crippen molar-refractivity contribution in [2.75, 3.05) is 0 Å². The predicted octanol–water partition coefficient (Wildman–Crippen LogP) is 14.4. The number of hydrogen-bond acceptors (Lipinski definition) is 1. The highest BCUT2D eigenvalue weighted by Gasteiger charge is 2.23. The molecule has 0 atom stereocenters. The minimum atomic E-state index is -1.97. The van der Waals surface area contributed by atoms with Crippen LogP contribution in [0, 0.1) is 0 Å². The lowest BCUT2D eigenvalue weighted by Crippen LogP contribution is -2.08. The van der Waals surface area contributed by atoms with E-state index in [1.165, 1.54) is 33.0 Å². The van der Waals surface area contributed by atoms with Crippen LogP contribution in [0.2, 0.25) is 0 Å². The maximum Gasteiger partial charge on any atom is 0.127 e. The molecular formula is C55H36N2O. The monoisotopic (exact) mass is 742 g/mol. The molecule has 0 N–H and O–H groups in total. The van der Waals surface area contributed by atoms with Gasteiger partial charge in [0.05, 0.1) is 30.5 Å². The third-order valence-corrected chi connectivity index (χ3v) is 11.8. The quantitative estimate of drug-likeness (QED) is 0.172. The maximum atomic E-state index is 8.91. The van der Waals surface area contributed by atoms with Crippen molar-refractivity contribution >= 4 is 43.6 Å². The van der Waals surface area contributed by atoms with Gasteiger partial charge in [0.15, 0.2) is 0 Å². The number of aromatic nitrogens is 2. The van der Waals surface area contributed by atoms with Gasteiger partial charge in [-0.2, -0.15) is 0 Å². The van der Waals surface area contributed by atoms with E-state index in [9.17, 15) is 0 Å². The third-order valence-electron chi connectivity index (χ3n) is 11.8. The fourth-order valence-electron chi connectivity index (χ4n) is 9.12. The second-order valence-corrected chi connectivity index (χ2v) is 15.1. The molecule has 2 aromatic heterocycles. The number of para-hydroxylation sites is 2. The summed E-state index contributed by atoms with van der Waals surface area (Å²) in [5.74, 6) is 0.543. The van der Waals surface area contributed by atoms with Gasteiger partial charge in [0.25, 0.3) is 0 Å². The lowest BCUT2D eigenvalue weighted by atomic mass is 9.95. The Morgan fingerprint density at radius 3 is 1.74 bits per heavy atom. The first kappa shape index (κ1) is 30.6. The molecule has 3 nitrogen and oxygen atoms in total. The van der Waals surface area contributed by atoms with Gasteiger partial charge in [0, 0.05) is 38.4 Å². The molecule has 1 aliphatic rings. The van der Waals surface area contributed by atoms with Crippen molar-refractivity contribution in [2.24, 2.45) is 0 Å². The third kappa shape index (κ3) is 5.07. The van der Waals surface area contributed by atoms with Gasteiger partial charge in [-0.1, -0.05) is 146 Å². The molecule has 0 radical (unpaired) electrons. The summed E-state index contributed by atoms with van der Waals surface area (Å²) in [6.07, 6.45) is 0. The molecule has 11 aromatic rings. The van der Waals surface area contributed by atoms with Gasteiger partial charge in [-0.05, 0) is 99.6 Å². The van der Waals surface area contributed by atoms with Crippen LogP contribution in [0.3, 0.4) is 0 Å². The average Bonchev–Trinajstić information content (AvgIpc) is 3.81. The lowest BCUT2D eigenvalue weighted by molar-refractivity contribution is 0.302. The van der Waals surface area contributed by atoms with E-state index in [0.717, 1.165) is 66.5 Å². The molecule has 0 bridgehead atoms. The Balaban J connectivity index is 1.06. The van der Waals surface area contributed by atoms with E-state index in [0.29, 0.717) is 11.3 Å². The van der Waals surface area contributed by atoms with Crippen molar-refractivity contribution in [3.8, 4) is 61.6 Å². The summed E-state index contributed by atoms with van der Waals surface area (Å²) < 4.78 is 28.4. The van der Waals surface area contributed by atoms with Gasteiger partial charge in [0.2, 0.25) is 0 Å². The van der Waals surface area contributed by atoms with Gasteiger partial charge >= 0.3 is 0 Å². The van der Waals surface area contributed by atoms with Gasteiger partial charge in [-0.15, -0.1) is 0 Å². The molecule has 0 fully saturated rings. The number of rotatable bonds is 5. The summed E-state index contributed by atoms with van der Waals surface area (Å²) in [6.45, 7) is -1.97. The van der Waals surface area contributed by atoms with Gasteiger partial charge in [-0.3, -0.25) is 0 Å². The summed E-state index contributed by atoms with van der Waals surface area (Å²) in [6, 6.07) is 72.7. The molecule has 0 unspecified atom stereocenters. The van der Waals surface area contributed by atoms with Crippen LogP contribution < -0.4 is 4.74 Å². The number of ether oxygens (including phenoxy) is 1. The summed E-state index contributed by atoms with van der Waals surface area (Å²) in [7, 11) is 0. The van der Waals surface area contributed by atoms with Crippen LogP contribution in [0.4, 0.5) is 0 Å². The normalized spacial score (nSPS) is 13.6. The Morgan fingerprint density at radius 2 is 0.948 bits per heavy atom. The van der Waals surface area contributed by atoms with Crippen LogP contribution in [-0.2, 0) is 6.56 Å². The fraction of sp³-hybridized carbons (Fsp3) is 0.0182. The highest BCUT2D eigenvalue weighted by Crippen LogP contribution is 2.44.